The van der Waals surface area contributed by atoms with Gasteiger partial charge in [0.1, 0.15) is 18.5 Å². The quantitative estimate of drug-likeness (QED) is 0.744. The number of benzene rings is 1. The first-order chi connectivity index (χ1) is 11.0. The summed E-state index contributed by atoms with van der Waals surface area (Å²) in [6.07, 6.45) is 4.50. The van der Waals surface area contributed by atoms with Crippen LogP contribution in [0.3, 0.4) is 0 Å². The number of hydrogen-bond donors (Lipinski definition) is 2. The minimum atomic E-state index is -2.15. The Balaban J connectivity index is 1.58. The standard InChI is InChI=1S/C14H18FN5O2S/c1-19(7-11-4-14(11)20-8-16-17-9-20)12-3-2-10(13(15)5-12)6-18-23(21)22/h2-3,5,8-9,11,14,18H,4,6-7H2,1H3,(H,21,22). The lowest BCUT2D eigenvalue weighted by molar-refractivity contribution is 0.545. The van der Waals surface area contributed by atoms with E-state index in [-0.39, 0.29) is 6.54 Å². The molecule has 23 heavy (non-hydrogen) atoms. The van der Waals surface area contributed by atoms with Gasteiger partial charge in [-0.3, -0.25) is 4.55 Å². The van der Waals surface area contributed by atoms with E-state index in [1.54, 1.807) is 18.7 Å². The number of aromatic nitrogens is 3. The van der Waals surface area contributed by atoms with E-state index in [9.17, 15) is 8.60 Å². The van der Waals surface area contributed by atoms with Crippen LogP contribution in [-0.4, -0.2) is 37.1 Å². The van der Waals surface area contributed by atoms with Gasteiger partial charge >= 0.3 is 0 Å². The van der Waals surface area contributed by atoms with Gasteiger partial charge in [-0.2, -0.15) is 0 Å². The summed E-state index contributed by atoms with van der Waals surface area (Å²) in [5.74, 6) is 0.107. The number of nitrogens with zero attached hydrogens (tertiary/aromatic N) is 4. The molecule has 0 radical (unpaired) electrons. The molecule has 7 nitrogen and oxygen atoms in total. The number of anilines is 1. The van der Waals surface area contributed by atoms with Crippen molar-refractivity contribution in [3.63, 3.8) is 0 Å². The molecular formula is C14H18FN5O2S. The number of nitrogens with one attached hydrogen (secondary N) is 1. The Bertz CT molecular complexity index is 696. The van der Waals surface area contributed by atoms with Crippen LogP contribution in [0.2, 0.25) is 0 Å². The third-order valence-electron chi connectivity index (χ3n) is 4.08. The fraction of sp³-hybridized carbons (Fsp3) is 0.429. The molecule has 0 amide bonds. The first-order valence-corrected chi connectivity index (χ1v) is 8.33. The lowest BCUT2D eigenvalue weighted by atomic mass is 10.2. The molecule has 9 heteroatoms. The fourth-order valence-corrected chi connectivity index (χ4v) is 2.97. The molecule has 2 aromatic rings. The largest absolute Gasteiger partial charge is 0.374 e. The second-order valence-corrected chi connectivity index (χ2v) is 6.49. The highest BCUT2D eigenvalue weighted by atomic mass is 32.2. The molecule has 0 saturated heterocycles. The first kappa shape index (κ1) is 16.0. The Hall–Kier alpha value is -1.84. The van der Waals surface area contributed by atoms with Crippen molar-refractivity contribution in [1.82, 2.24) is 19.5 Å². The van der Waals surface area contributed by atoms with Crippen LogP contribution in [0.15, 0.2) is 30.9 Å². The summed E-state index contributed by atoms with van der Waals surface area (Å²) in [5, 5.41) is 7.62. The van der Waals surface area contributed by atoms with E-state index >= 15 is 0 Å². The fourth-order valence-electron chi connectivity index (χ4n) is 2.69. The second-order valence-electron chi connectivity index (χ2n) is 5.70. The maximum absolute atomic E-state index is 14.0. The summed E-state index contributed by atoms with van der Waals surface area (Å²) >= 11 is -2.15. The van der Waals surface area contributed by atoms with Crippen molar-refractivity contribution < 1.29 is 13.2 Å². The first-order valence-electron chi connectivity index (χ1n) is 7.22. The molecular weight excluding hydrogens is 321 g/mol. The summed E-state index contributed by atoms with van der Waals surface area (Å²) < 4.78 is 37.6. The van der Waals surface area contributed by atoms with Crippen LogP contribution in [0, 0.1) is 11.7 Å². The van der Waals surface area contributed by atoms with Crippen LogP contribution in [0.5, 0.6) is 0 Å². The molecule has 1 saturated carbocycles. The molecule has 1 aliphatic carbocycles. The molecule has 0 spiro atoms. The zero-order valence-electron chi connectivity index (χ0n) is 12.6. The SMILES string of the molecule is CN(CC1CC1n1cnnc1)c1ccc(CNS(=O)O)c(F)c1. The molecule has 1 aliphatic rings. The topological polar surface area (TPSA) is 83.3 Å². The molecule has 3 rings (SSSR count). The van der Waals surface area contributed by atoms with E-state index < -0.39 is 17.1 Å². The van der Waals surface area contributed by atoms with E-state index in [1.807, 2.05) is 22.6 Å². The van der Waals surface area contributed by atoms with E-state index in [0.29, 0.717) is 17.5 Å². The monoisotopic (exact) mass is 339 g/mol. The van der Waals surface area contributed by atoms with Gasteiger partial charge in [0, 0.05) is 37.4 Å². The average molecular weight is 339 g/mol. The molecule has 2 N–H and O–H groups in total. The summed E-state index contributed by atoms with van der Waals surface area (Å²) in [6, 6.07) is 5.31. The molecule has 3 atom stereocenters. The highest BCUT2D eigenvalue weighted by molar-refractivity contribution is 7.77. The Morgan fingerprint density at radius 2 is 2.22 bits per heavy atom. The van der Waals surface area contributed by atoms with Crippen LogP contribution in [0.4, 0.5) is 10.1 Å². The smallest absolute Gasteiger partial charge is 0.232 e. The van der Waals surface area contributed by atoms with E-state index in [4.69, 9.17) is 4.55 Å². The van der Waals surface area contributed by atoms with Gasteiger partial charge in [0.25, 0.3) is 0 Å². The van der Waals surface area contributed by atoms with Gasteiger partial charge in [0.15, 0.2) is 0 Å². The molecule has 1 aromatic carbocycles. The van der Waals surface area contributed by atoms with Gasteiger partial charge < -0.3 is 9.47 Å². The number of rotatable bonds is 7. The maximum atomic E-state index is 14.0. The van der Waals surface area contributed by atoms with Crippen LogP contribution in [0.25, 0.3) is 0 Å². The zero-order valence-corrected chi connectivity index (χ0v) is 13.4. The summed E-state index contributed by atoms with van der Waals surface area (Å²) in [5.41, 5.74) is 1.14. The van der Waals surface area contributed by atoms with Gasteiger partial charge in [0.05, 0.1) is 0 Å². The van der Waals surface area contributed by atoms with Crippen molar-refractivity contribution in [2.24, 2.45) is 5.92 Å². The van der Waals surface area contributed by atoms with Crippen LogP contribution < -0.4 is 9.62 Å². The predicted molar refractivity (Wildman–Crippen MR) is 84.4 cm³/mol. The van der Waals surface area contributed by atoms with E-state index in [0.717, 1.165) is 18.7 Å². The van der Waals surface area contributed by atoms with Crippen molar-refractivity contribution in [2.45, 2.75) is 19.0 Å². The summed E-state index contributed by atoms with van der Waals surface area (Å²) in [4.78, 5) is 2.01. The Labute approximate surface area is 135 Å². The van der Waals surface area contributed by atoms with Crippen LogP contribution in [0.1, 0.15) is 18.0 Å². The second kappa shape index (κ2) is 6.73. The van der Waals surface area contributed by atoms with Crippen LogP contribution in [-0.2, 0) is 17.8 Å². The van der Waals surface area contributed by atoms with Crippen molar-refractivity contribution in [3.8, 4) is 0 Å². The molecule has 1 aromatic heterocycles. The molecule has 0 aliphatic heterocycles. The highest BCUT2D eigenvalue weighted by Gasteiger charge is 2.39. The molecule has 124 valence electrons. The minimum Gasteiger partial charge on any atom is -0.374 e. The van der Waals surface area contributed by atoms with Crippen LogP contribution >= 0.6 is 0 Å². The normalized spacial score (nSPS) is 21.2. The van der Waals surface area contributed by atoms with E-state index in [1.165, 1.54) is 6.07 Å². The summed E-state index contributed by atoms with van der Waals surface area (Å²) in [6.45, 7) is 0.831. The third-order valence-corrected chi connectivity index (χ3v) is 4.47. The van der Waals surface area contributed by atoms with Crippen molar-refractivity contribution >= 4 is 17.0 Å². The number of hydrogen-bond acceptors (Lipinski definition) is 4. The zero-order chi connectivity index (χ0) is 16.4. The van der Waals surface area contributed by atoms with Gasteiger partial charge in [-0.15, -0.1) is 10.2 Å². The lowest BCUT2D eigenvalue weighted by Gasteiger charge is -2.20. The Kier molecular flexibility index (Phi) is 4.69. The molecule has 0 bridgehead atoms. The number of halogens is 1. The predicted octanol–water partition coefficient (Wildman–Crippen LogP) is 1.34. The Morgan fingerprint density at radius 3 is 2.87 bits per heavy atom. The van der Waals surface area contributed by atoms with Gasteiger partial charge in [-0.25, -0.2) is 13.3 Å². The molecule has 1 fully saturated rings. The Morgan fingerprint density at radius 1 is 1.48 bits per heavy atom. The molecule has 3 unspecified atom stereocenters. The highest BCUT2D eigenvalue weighted by Crippen LogP contribution is 2.43. The average Bonchev–Trinajstić information content (AvgIpc) is 3.06. The van der Waals surface area contributed by atoms with Crippen molar-refractivity contribution in [3.05, 3.63) is 42.2 Å². The lowest BCUT2D eigenvalue weighted by Crippen LogP contribution is -2.21. The van der Waals surface area contributed by atoms with Crippen molar-refractivity contribution in [2.75, 3.05) is 18.5 Å². The summed E-state index contributed by atoms with van der Waals surface area (Å²) in [7, 11) is 1.93. The van der Waals surface area contributed by atoms with Gasteiger partial charge in [-0.1, -0.05) is 6.07 Å². The minimum absolute atomic E-state index is 0.0112. The van der Waals surface area contributed by atoms with Gasteiger partial charge in [-0.05, 0) is 24.5 Å². The van der Waals surface area contributed by atoms with E-state index in [2.05, 4.69) is 14.9 Å². The maximum Gasteiger partial charge on any atom is 0.232 e. The van der Waals surface area contributed by atoms with Crippen molar-refractivity contribution in [1.29, 1.82) is 0 Å². The molecule has 1 heterocycles. The third kappa shape index (κ3) is 3.92. The van der Waals surface area contributed by atoms with Gasteiger partial charge in [0.2, 0.25) is 11.3 Å².